The SMILES string of the molecule is N#CC1(N)CCC1.N=CN. The second kappa shape index (κ2) is 3.85. The summed E-state index contributed by atoms with van der Waals surface area (Å²) in [6.45, 7) is 0. The van der Waals surface area contributed by atoms with Crippen LogP contribution < -0.4 is 11.5 Å². The Morgan fingerprint density at radius 3 is 2.00 bits per heavy atom. The van der Waals surface area contributed by atoms with Crippen LogP contribution in [0.25, 0.3) is 0 Å². The first kappa shape index (κ1) is 8.92. The third-order valence-corrected chi connectivity index (χ3v) is 1.47. The van der Waals surface area contributed by atoms with Crippen LogP contribution in [-0.4, -0.2) is 11.9 Å². The highest BCUT2D eigenvalue weighted by Gasteiger charge is 2.31. The molecule has 1 fully saturated rings. The van der Waals surface area contributed by atoms with Gasteiger partial charge in [0.25, 0.3) is 0 Å². The molecular formula is C6H12N4. The smallest absolute Gasteiger partial charge is 0.104 e. The van der Waals surface area contributed by atoms with Crippen molar-refractivity contribution >= 4 is 6.34 Å². The van der Waals surface area contributed by atoms with E-state index in [1.807, 2.05) is 0 Å². The zero-order valence-corrected chi connectivity index (χ0v) is 5.80. The van der Waals surface area contributed by atoms with Crippen molar-refractivity contribution < 1.29 is 0 Å². The fourth-order valence-corrected chi connectivity index (χ4v) is 0.669. The fourth-order valence-electron chi connectivity index (χ4n) is 0.669. The average molecular weight is 140 g/mol. The molecular weight excluding hydrogens is 128 g/mol. The standard InChI is InChI=1S/C5H8N2.CH4N2/c6-4-5(7)2-1-3-5;2-1-3/h1-3,7H2;1H,(H3,2,3). The third-order valence-electron chi connectivity index (χ3n) is 1.47. The van der Waals surface area contributed by atoms with Crippen LogP contribution in [0.3, 0.4) is 0 Å². The molecule has 0 bridgehead atoms. The molecule has 0 aromatic heterocycles. The minimum absolute atomic E-state index is 0.431. The largest absolute Gasteiger partial charge is 0.390 e. The van der Waals surface area contributed by atoms with Gasteiger partial charge >= 0.3 is 0 Å². The van der Waals surface area contributed by atoms with E-state index in [-0.39, 0.29) is 0 Å². The van der Waals surface area contributed by atoms with Gasteiger partial charge in [-0.3, -0.25) is 5.41 Å². The van der Waals surface area contributed by atoms with Crippen LogP contribution in [0.5, 0.6) is 0 Å². The molecule has 0 atom stereocenters. The molecule has 0 unspecified atom stereocenters. The average Bonchev–Trinajstić information content (AvgIpc) is 1.85. The molecule has 0 aromatic rings. The van der Waals surface area contributed by atoms with Crippen LogP contribution in [0.1, 0.15) is 19.3 Å². The van der Waals surface area contributed by atoms with Crippen molar-refractivity contribution in [1.82, 2.24) is 0 Å². The number of nitrogens with two attached hydrogens (primary N) is 2. The summed E-state index contributed by atoms with van der Waals surface area (Å²) in [7, 11) is 0. The molecule has 0 aromatic carbocycles. The summed E-state index contributed by atoms with van der Waals surface area (Å²) in [6.07, 6.45) is 3.66. The maximum atomic E-state index is 8.27. The van der Waals surface area contributed by atoms with E-state index in [4.69, 9.17) is 16.4 Å². The first-order valence-electron chi connectivity index (χ1n) is 3.09. The third kappa shape index (κ3) is 2.46. The molecule has 0 spiro atoms. The van der Waals surface area contributed by atoms with Crippen molar-refractivity contribution in [3.8, 4) is 6.07 Å². The van der Waals surface area contributed by atoms with Gasteiger partial charge in [-0.2, -0.15) is 5.26 Å². The van der Waals surface area contributed by atoms with Crippen molar-refractivity contribution in [3.63, 3.8) is 0 Å². The van der Waals surface area contributed by atoms with Crippen molar-refractivity contribution in [2.45, 2.75) is 24.8 Å². The summed E-state index contributed by atoms with van der Waals surface area (Å²) in [5, 5.41) is 14.1. The van der Waals surface area contributed by atoms with Gasteiger partial charge in [0, 0.05) is 0 Å². The Morgan fingerprint density at radius 1 is 1.60 bits per heavy atom. The van der Waals surface area contributed by atoms with E-state index in [9.17, 15) is 0 Å². The Kier molecular flexibility index (Phi) is 3.44. The molecule has 0 radical (unpaired) electrons. The zero-order valence-electron chi connectivity index (χ0n) is 5.80. The molecule has 10 heavy (non-hydrogen) atoms. The normalized spacial score (nSPS) is 18.8. The molecule has 56 valence electrons. The van der Waals surface area contributed by atoms with Gasteiger partial charge in [-0.15, -0.1) is 0 Å². The van der Waals surface area contributed by atoms with Gasteiger partial charge in [-0.25, -0.2) is 0 Å². The number of nitrogens with one attached hydrogen (secondary N) is 1. The Labute approximate surface area is 60.3 Å². The van der Waals surface area contributed by atoms with Crippen molar-refractivity contribution in [2.24, 2.45) is 11.5 Å². The fraction of sp³-hybridized carbons (Fsp3) is 0.667. The van der Waals surface area contributed by atoms with Crippen LogP contribution in [0, 0.1) is 16.7 Å². The lowest BCUT2D eigenvalue weighted by molar-refractivity contribution is 0.327. The van der Waals surface area contributed by atoms with E-state index in [2.05, 4.69) is 11.8 Å². The summed E-state index contributed by atoms with van der Waals surface area (Å²) < 4.78 is 0. The van der Waals surface area contributed by atoms with Gasteiger partial charge in [0.1, 0.15) is 5.54 Å². The quantitative estimate of drug-likeness (QED) is 0.324. The van der Waals surface area contributed by atoms with Crippen molar-refractivity contribution in [1.29, 1.82) is 10.7 Å². The zero-order chi connectivity index (χ0) is 8.04. The van der Waals surface area contributed by atoms with E-state index in [0.717, 1.165) is 25.6 Å². The Morgan fingerprint density at radius 2 is 2.00 bits per heavy atom. The van der Waals surface area contributed by atoms with E-state index >= 15 is 0 Å². The summed E-state index contributed by atoms with van der Waals surface area (Å²) in [4.78, 5) is 0. The summed E-state index contributed by atoms with van der Waals surface area (Å²) in [5.74, 6) is 0. The first-order chi connectivity index (χ1) is 4.68. The van der Waals surface area contributed by atoms with Gasteiger partial charge in [0.05, 0.1) is 12.4 Å². The van der Waals surface area contributed by atoms with Gasteiger partial charge in [-0.05, 0) is 19.3 Å². The summed E-state index contributed by atoms with van der Waals surface area (Å²) in [6, 6.07) is 2.06. The van der Waals surface area contributed by atoms with Crippen LogP contribution in [0.2, 0.25) is 0 Å². The molecule has 1 rings (SSSR count). The second-order valence-electron chi connectivity index (χ2n) is 2.29. The molecule has 4 nitrogen and oxygen atoms in total. The molecule has 5 N–H and O–H groups in total. The Balaban J connectivity index is 0.000000236. The molecule has 1 aliphatic rings. The molecule has 0 aliphatic heterocycles. The van der Waals surface area contributed by atoms with Crippen molar-refractivity contribution in [3.05, 3.63) is 0 Å². The first-order valence-corrected chi connectivity index (χ1v) is 3.09. The Hall–Kier alpha value is -1.08. The molecule has 1 saturated carbocycles. The number of rotatable bonds is 0. The van der Waals surface area contributed by atoms with E-state index < -0.39 is 5.54 Å². The monoisotopic (exact) mass is 140 g/mol. The highest BCUT2D eigenvalue weighted by Crippen LogP contribution is 2.27. The van der Waals surface area contributed by atoms with Gasteiger partial charge in [-0.1, -0.05) is 0 Å². The van der Waals surface area contributed by atoms with E-state index in [1.165, 1.54) is 0 Å². The number of hydrogen-bond donors (Lipinski definition) is 3. The maximum Gasteiger partial charge on any atom is 0.104 e. The molecule has 0 saturated heterocycles. The van der Waals surface area contributed by atoms with Gasteiger partial charge < -0.3 is 11.5 Å². The van der Waals surface area contributed by atoms with Crippen molar-refractivity contribution in [2.75, 3.05) is 0 Å². The van der Waals surface area contributed by atoms with Crippen LogP contribution >= 0.6 is 0 Å². The van der Waals surface area contributed by atoms with Crippen LogP contribution in [0.4, 0.5) is 0 Å². The lowest BCUT2D eigenvalue weighted by Gasteiger charge is -2.29. The van der Waals surface area contributed by atoms with Gasteiger partial charge in [0.2, 0.25) is 0 Å². The number of hydrogen-bond acceptors (Lipinski definition) is 3. The van der Waals surface area contributed by atoms with Crippen LogP contribution in [-0.2, 0) is 0 Å². The molecule has 4 heteroatoms. The summed E-state index contributed by atoms with van der Waals surface area (Å²) in [5.41, 5.74) is 9.40. The van der Waals surface area contributed by atoms with E-state index in [0.29, 0.717) is 0 Å². The molecule has 1 aliphatic carbocycles. The Bertz CT molecular complexity index is 142. The lowest BCUT2D eigenvalue weighted by Crippen LogP contribution is -2.44. The second-order valence-corrected chi connectivity index (χ2v) is 2.29. The highest BCUT2D eigenvalue weighted by atomic mass is 14.8. The van der Waals surface area contributed by atoms with Gasteiger partial charge in [0.15, 0.2) is 0 Å². The lowest BCUT2D eigenvalue weighted by atomic mass is 9.79. The molecule has 0 heterocycles. The predicted molar refractivity (Wildman–Crippen MR) is 39.4 cm³/mol. The maximum absolute atomic E-state index is 8.27. The summed E-state index contributed by atoms with van der Waals surface area (Å²) >= 11 is 0. The topological polar surface area (TPSA) is 99.7 Å². The minimum atomic E-state index is -0.431. The minimum Gasteiger partial charge on any atom is -0.390 e. The van der Waals surface area contributed by atoms with E-state index in [1.54, 1.807) is 0 Å². The molecule has 0 amide bonds. The van der Waals surface area contributed by atoms with Crippen LogP contribution in [0.15, 0.2) is 0 Å². The highest BCUT2D eigenvalue weighted by molar-refractivity contribution is 5.46. The predicted octanol–water partition coefficient (Wildman–Crippen LogP) is -0.0565. The number of nitrogens with zero attached hydrogens (tertiary/aromatic N) is 1. The number of nitriles is 1.